The number of anilines is 1. The fourth-order valence-corrected chi connectivity index (χ4v) is 3.80. The Balaban J connectivity index is 1.35. The third-order valence-electron chi connectivity index (χ3n) is 5.83. The van der Waals surface area contributed by atoms with Crippen molar-refractivity contribution in [2.45, 2.75) is 50.0 Å². The highest BCUT2D eigenvalue weighted by atomic mass is 16.6. The van der Waals surface area contributed by atoms with Gasteiger partial charge in [0.05, 0.1) is 12.9 Å². The second-order valence-corrected chi connectivity index (χ2v) is 8.60. The molecule has 2 amide bonds. The third-order valence-corrected chi connectivity index (χ3v) is 5.83. The van der Waals surface area contributed by atoms with E-state index in [1.807, 2.05) is 6.07 Å². The maximum Gasteiger partial charge on any atom is 0.415 e. The van der Waals surface area contributed by atoms with Crippen molar-refractivity contribution in [1.82, 2.24) is 29.7 Å². The van der Waals surface area contributed by atoms with Crippen molar-refractivity contribution in [2.24, 2.45) is 0 Å². The van der Waals surface area contributed by atoms with Gasteiger partial charge in [-0.05, 0) is 25.0 Å². The zero-order valence-corrected chi connectivity index (χ0v) is 18.8. The number of ether oxygens (including phenoxy) is 2. The number of nitrogen functional groups attached to an aromatic ring is 1. The molecule has 1 aromatic carbocycles. The van der Waals surface area contributed by atoms with Gasteiger partial charge in [-0.2, -0.15) is 0 Å². The van der Waals surface area contributed by atoms with Crippen molar-refractivity contribution in [3.8, 4) is 5.75 Å². The monoisotopic (exact) mass is 483 g/mol. The number of hydrogen-bond donors (Lipinski definition) is 4. The molecule has 5 N–H and O–H groups in total. The molecular formula is C22H25N7O6. The average Bonchev–Trinajstić information content (AvgIpc) is 3.47. The van der Waals surface area contributed by atoms with Crippen LogP contribution in [0.2, 0.25) is 0 Å². The predicted molar refractivity (Wildman–Crippen MR) is 121 cm³/mol. The number of benzene rings is 1. The minimum atomic E-state index is -1.44. The summed E-state index contributed by atoms with van der Waals surface area (Å²) in [5.74, 6) is 0.161. The molecule has 0 radical (unpaired) electrons. The molecule has 184 valence electrons. The first kappa shape index (κ1) is 23.0. The van der Waals surface area contributed by atoms with Gasteiger partial charge in [-0.25, -0.2) is 19.7 Å². The lowest BCUT2D eigenvalue weighted by Gasteiger charge is -2.18. The largest absolute Gasteiger partial charge is 0.415 e. The van der Waals surface area contributed by atoms with E-state index in [-0.39, 0.29) is 35.4 Å². The summed E-state index contributed by atoms with van der Waals surface area (Å²) in [4.78, 5) is 39.0. The molecule has 2 aromatic heterocycles. The highest BCUT2D eigenvalue weighted by molar-refractivity contribution is 5.83. The van der Waals surface area contributed by atoms with Crippen LogP contribution in [-0.4, -0.2) is 78.0 Å². The molecule has 1 aliphatic carbocycles. The van der Waals surface area contributed by atoms with Gasteiger partial charge in [0.25, 0.3) is 5.91 Å². The fraction of sp³-hybridized carbons (Fsp3) is 0.409. The molecule has 13 nitrogen and oxygen atoms in total. The Morgan fingerprint density at radius 2 is 1.97 bits per heavy atom. The lowest BCUT2D eigenvalue weighted by atomic mass is 10.1. The van der Waals surface area contributed by atoms with Crippen molar-refractivity contribution in [3.05, 3.63) is 42.5 Å². The maximum absolute atomic E-state index is 12.4. The van der Waals surface area contributed by atoms with Crippen molar-refractivity contribution in [2.75, 3.05) is 12.8 Å². The molecule has 2 fully saturated rings. The van der Waals surface area contributed by atoms with Gasteiger partial charge in [-0.3, -0.25) is 9.36 Å². The summed E-state index contributed by atoms with van der Waals surface area (Å²) in [7, 11) is 1.52. The van der Waals surface area contributed by atoms with Gasteiger partial charge in [0.15, 0.2) is 29.6 Å². The van der Waals surface area contributed by atoms with Crippen molar-refractivity contribution >= 4 is 29.0 Å². The Bertz CT molecular complexity index is 1250. The number of rotatable bonds is 6. The minimum Gasteiger partial charge on any atom is -0.410 e. The summed E-state index contributed by atoms with van der Waals surface area (Å²) >= 11 is 0. The molecule has 3 aromatic rings. The van der Waals surface area contributed by atoms with Crippen LogP contribution in [0.15, 0.2) is 36.7 Å². The third kappa shape index (κ3) is 4.60. The van der Waals surface area contributed by atoms with E-state index in [2.05, 4.69) is 20.3 Å². The number of fused-ring (bicyclic) bond motifs is 1. The first-order valence-electron chi connectivity index (χ1n) is 11.1. The van der Waals surface area contributed by atoms with Gasteiger partial charge in [-0.1, -0.05) is 18.2 Å². The van der Waals surface area contributed by atoms with E-state index >= 15 is 0 Å². The number of aliphatic hydroxyl groups excluding tert-OH is 2. The Morgan fingerprint density at radius 3 is 2.69 bits per heavy atom. The van der Waals surface area contributed by atoms with Gasteiger partial charge < -0.3 is 35.6 Å². The summed E-state index contributed by atoms with van der Waals surface area (Å²) < 4.78 is 12.4. The van der Waals surface area contributed by atoms with Crippen LogP contribution in [0.3, 0.4) is 0 Å². The number of hydrogen-bond acceptors (Lipinski definition) is 10. The van der Waals surface area contributed by atoms with E-state index in [4.69, 9.17) is 15.2 Å². The number of nitrogens with two attached hydrogens (primary N) is 1. The second kappa shape index (κ2) is 9.09. The Kier molecular flexibility index (Phi) is 5.96. The summed E-state index contributed by atoms with van der Waals surface area (Å²) in [5, 5.41) is 23.8. The number of aromatic nitrogens is 4. The Morgan fingerprint density at radius 1 is 1.23 bits per heavy atom. The molecule has 5 rings (SSSR count). The molecule has 0 spiro atoms. The number of nitrogens with zero attached hydrogens (tertiary/aromatic N) is 5. The van der Waals surface area contributed by atoms with Crippen molar-refractivity contribution < 1.29 is 29.3 Å². The standard InChI is InChI=1S/C22H25N7O6/c1-28(22(33)34-12-5-3-2-4-6-12)9-13-26-18(23)14-19(27-13)29(10-24-14)21-16(31)15(30)17(35-21)20(32)25-11-7-8-11/h2-6,10-11,15-17,21,30-31H,7-9H2,1H3,(H,25,32)(H2,23,26,27)/t15?,16?,17-,21+/m0/s1. The van der Waals surface area contributed by atoms with Gasteiger partial charge in [-0.15, -0.1) is 0 Å². The molecule has 1 saturated carbocycles. The zero-order valence-electron chi connectivity index (χ0n) is 18.8. The summed E-state index contributed by atoms with van der Waals surface area (Å²) in [5.41, 5.74) is 6.53. The van der Waals surface area contributed by atoms with E-state index in [1.165, 1.54) is 22.8 Å². The average molecular weight is 483 g/mol. The predicted octanol–water partition coefficient (Wildman–Crippen LogP) is -0.0629. The molecule has 4 atom stereocenters. The smallest absolute Gasteiger partial charge is 0.410 e. The maximum atomic E-state index is 12.4. The van der Waals surface area contributed by atoms with Gasteiger partial charge in [0.2, 0.25) is 0 Å². The quantitative estimate of drug-likeness (QED) is 0.371. The lowest BCUT2D eigenvalue weighted by Crippen LogP contribution is -2.43. The summed E-state index contributed by atoms with van der Waals surface area (Å²) in [6.07, 6.45) is -2.75. The van der Waals surface area contributed by atoms with Gasteiger partial charge >= 0.3 is 6.09 Å². The number of carbonyl (C=O) groups is 2. The number of amides is 2. The molecule has 1 saturated heterocycles. The van der Waals surface area contributed by atoms with Gasteiger partial charge in [0, 0.05) is 13.1 Å². The normalized spacial score (nSPS) is 23.9. The van der Waals surface area contributed by atoms with Crippen LogP contribution in [0.25, 0.3) is 11.2 Å². The molecular weight excluding hydrogens is 458 g/mol. The van der Waals surface area contributed by atoms with Crippen molar-refractivity contribution in [1.29, 1.82) is 0 Å². The molecule has 0 bridgehead atoms. The van der Waals surface area contributed by atoms with E-state index in [0.717, 1.165) is 12.8 Å². The minimum absolute atomic E-state index is 0.0277. The topological polar surface area (TPSA) is 178 Å². The number of imidazole rings is 1. The first-order valence-corrected chi connectivity index (χ1v) is 11.1. The summed E-state index contributed by atoms with van der Waals surface area (Å²) in [6.45, 7) is -0.0277. The number of carbonyl (C=O) groups excluding carboxylic acids is 2. The highest BCUT2D eigenvalue weighted by Gasteiger charge is 2.48. The molecule has 13 heteroatoms. The van der Waals surface area contributed by atoms with Crippen LogP contribution in [0.4, 0.5) is 10.6 Å². The molecule has 1 aliphatic heterocycles. The first-order chi connectivity index (χ1) is 16.8. The second-order valence-electron chi connectivity index (χ2n) is 8.60. The zero-order chi connectivity index (χ0) is 24.7. The van der Waals surface area contributed by atoms with Crippen LogP contribution in [0.1, 0.15) is 24.9 Å². The van der Waals surface area contributed by atoms with Crippen LogP contribution in [0.5, 0.6) is 5.75 Å². The van der Waals surface area contributed by atoms with E-state index in [9.17, 15) is 19.8 Å². The molecule has 3 heterocycles. The Labute approximate surface area is 199 Å². The SMILES string of the molecule is CN(Cc1nc(N)c2ncn([C@@H]3O[C@H](C(=O)NC4CC4)C(O)C3O)c2n1)C(=O)Oc1ccccc1. The van der Waals surface area contributed by atoms with Crippen molar-refractivity contribution in [3.63, 3.8) is 0 Å². The fourth-order valence-electron chi connectivity index (χ4n) is 3.80. The molecule has 2 aliphatic rings. The lowest BCUT2D eigenvalue weighted by molar-refractivity contribution is -0.137. The van der Waals surface area contributed by atoms with E-state index < -0.39 is 36.5 Å². The van der Waals surface area contributed by atoms with Crippen LogP contribution >= 0.6 is 0 Å². The summed E-state index contributed by atoms with van der Waals surface area (Å²) in [6, 6.07) is 8.69. The van der Waals surface area contributed by atoms with Crippen LogP contribution in [-0.2, 0) is 16.1 Å². The number of para-hydroxylation sites is 1. The highest BCUT2D eigenvalue weighted by Crippen LogP contribution is 2.33. The molecule has 2 unspecified atom stereocenters. The number of aliphatic hydroxyl groups is 2. The number of nitrogens with one attached hydrogen (secondary N) is 1. The molecule has 35 heavy (non-hydrogen) atoms. The van der Waals surface area contributed by atoms with Crippen LogP contribution < -0.4 is 15.8 Å². The van der Waals surface area contributed by atoms with E-state index in [0.29, 0.717) is 5.75 Å². The Hall–Kier alpha value is -3.81. The van der Waals surface area contributed by atoms with Gasteiger partial charge in [0.1, 0.15) is 23.5 Å². The van der Waals surface area contributed by atoms with E-state index in [1.54, 1.807) is 24.3 Å². The van der Waals surface area contributed by atoms with Crippen LogP contribution in [0, 0.1) is 0 Å².